The summed E-state index contributed by atoms with van der Waals surface area (Å²) in [6, 6.07) is 0. The van der Waals surface area contributed by atoms with Gasteiger partial charge in [-0.15, -0.1) is 0 Å². The highest BCUT2D eigenvalue weighted by atomic mass is 16.4. The van der Waals surface area contributed by atoms with Crippen molar-refractivity contribution in [2.45, 2.75) is 44.6 Å². The topological polar surface area (TPSA) is 66.3 Å². The molecule has 2 heterocycles. The fourth-order valence-corrected chi connectivity index (χ4v) is 3.10. The van der Waals surface area contributed by atoms with Crippen LogP contribution in [0, 0.1) is 0 Å². The van der Waals surface area contributed by atoms with Crippen LogP contribution in [0.25, 0.3) is 0 Å². The Hall–Kier alpha value is -1.65. The predicted octanol–water partition coefficient (Wildman–Crippen LogP) is 1.41. The van der Waals surface area contributed by atoms with Crippen LogP contribution >= 0.6 is 0 Å². The van der Waals surface area contributed by atoms with Crippen molar-refractivity contribution in [3.63, 3.8) is 0 Å². The molecule has 0 bridgehead atoms. The lowest BCUT2D eigenvalue weighted by Gasteiger charge is -2.33. The summed E-state index contributed by atoms with van der Waals surface area (Å²) in [4.78, 5) is 22.1. The summed E-state index contributed by atoms with van der Waals surface area (Å²) in [5.74, 6) is 0.0882. The molecule has 96 valence electrons. The van der Waals surface area contributed by atoms with E-state index in [2.05, 4.69) is 9.97 Å². The third-order valence-electron chi connectivity index (χ3n) is 4.21. The van der Waals surface area contributed by atoms with E-state index in [-0.39, 0.29) is 0 Å². The van der Waals surface area contributed by atoms with Gasteiger partial charge < -0.3 is 10.0 Å². The number of aryl methyl sites for hydroxylation is 1. The number of aliphatic carboxylic acids is 1. The Morgan fingerprint density at radius 3 is 3.00 bits per heavy atom. The highest BCUT2D eigenvalue weighted by Crippen LogP contribution is 2.37. The zero-order valence-electron chi connectivity index (χ0n) is 10.5. The Balaban J connectivity index is 2.05. The molecule has 5 heteroatoms. The van der Waals surface area contributed by atoms with E-state index in [9.17, 15) is 9.90 Å². The van der Waals surface area contributed by atoms with Crippen molar-refractivity contribution in [2.75, 3.05) is 11.4 Å². The van der Waals surface area contributed by atoms with Gasteiger partial charge in [0.1, 0.15) is 17.7 Å². The monoisotopic (exact) mass is 247 g/mol. The van der Waals surface area contributed by atoms with Gasteiger partial charge in [-0.3, -0.25) is 0 Å². The molecule has 1 aliphatic carbocycles. The Kier molecular flexibility index (Phi) is 2.50. The maximum atomic E-state index is 11.5. The minimum atomic E-state index is -0.815. The molecular weight excluding hydrogens is 230 g/mol. The Morgan fingerprint density at radius 1 is 1.39 bits per heavy atom. The molecule has 0 aromatic carbocycles. The lowest BCUT2D eigenvalue weighted by atomic mass is 9.99. The predicted molar refractivity (Wildman–Crippen MR) is 66.7 cm³/mol. The molecule has 0 saturated carbocycles. The molecule has 18 heavy (non-hydrogen) atoms. The molecule has 1 N–H and O–H groups in total. The molecular formula is C13H17N3O2. The number of anilines is 1. The first-order valence-corrected chi connectivity index (χ1v) is 6.47. The van der Waals surface area contributed by atoms with E-state index < -0.39 is 11.5 Å². The molecule has 1 saturated heterocycles. The van der Waals surface area contributed by atoms with Crippen LogP contribution < -0.4 is 4.90 Å². The maximum Gasteiger partial charge on any atom is 0.329 e. The van der Waals surface area contributed by atoms with E-state index in [1.165, 1.54) is 0 Å². The Labute approximate surface area is 106 Å². The first-order valence-electron chi connectivity index (χ1n) is 6.47. The summed E-state index contributed by atoms with van der Waals surface area (Å²) < 4.78 is 0. The van der Waals surface area contributed by atoms with Gasteiger partial charge in [0, 0.05) is 17.8 Å². The van der Waals surface area contributed by atoms with Crippen LogP contribution in [0.1, 0.15) is 37.4 Å². The van der Waals surface area contributed by atoms with E-state index in [0.29, 0.717) is 6.42 Å². The highest BCUT2D eigenvalue weighted by molar-refractivity contribution is 5.84. The van der Waals surface area contributed by atoms with Crippen molar-refractivity contribution in [2.24, 2.45) is 0 Å². The van der Waals surface area contributed by atoms with Gasteiger partial charge >= 0.3 is 5.97 Å². The van der Waals surface area contributed by atoms with Crippen LogP contribution in [0.3, 0.4) is 0 Å². The molecule has 2 aliphatic rings. The Morgan fingerprint density at radius 2 is 2.22 bits per heavy atom. The second kappa shape index (κ2) is 3.93. The van der Waals surface area contributed by atoms with Crippen LogP contribution in [0.5, 0.6) is 0 Å². The highest BCUT2D eigenvalue weighted by Gasteiger charge is 2.45. The molecule has 1 aromatic rings. The number of rotatable bonds is 2. The molecule has 3 rings (SSSR count). The quantitative estimate of drug-likeness (QED) is 0.856. The second-order valence-corrected chi connectivity index (χ2v) is 5.31. The van der Waals surface area contributed by atoms with Crippen LogP contribution in [0.4, 0.5) is 5.82 Å². The van der Waals surface area contributed by atoms with Gasteiger partial charge in [0.05, 0.1) is 0 Å². The molecule has 1 aliphatic heterocycles. The minimum absolute atomic E-state index is 0.682. The molecule has 0 radical (unpaired) electrons. The van der Waals surface area contributed by atoms with Crippen LogP contribution in [0.2, 0.25) is 0 Å². The zero-order chi connectivity index (χ0) is 12.8. The maximum absolute atomic E-state index is 11.5. The summed E-state index contributed by atoms with van der Waals surface area (Å²) >= 11 is 0. The normalized spacial score (nSPS) is 26.4. The molecule has 5 nitrogen and oxygen atoms in total. The number of carbonyl (C=O) groups is 1. The van der Waals surface area contributed by atoms with Gasteiger partial charge in [-0.05, 0) is 39.0 Å². The lowest BCUT2D eigenvalue weighted by Crippen LogP contribution is -2.48. The minimum Gasteiger partial charge on any atom is -0.480 e. The molecule has 1 aromatic heterocycles. The molecule has 0 spiro atoms. The van der Waals surface area contributed by atoms with Crippen LogP contribution in [-0.2, 0) is 17.6 Å². The largest absolute Gasteiger partial charge is 0.480 e. The summed E-state index contributed by atoms with van der Waals surface area (Å²) in [6.07, 6.45) is 6.21. The first kappa shape index (κ1) is 11.4. The van der Waals surface area contributed by atoms with Gasteiger partial charge in [-0.25, -0.2) is 14.8 Å². The summed E-state index contributed by atoms with van der Waals surface area (Å²) in [5.41, 5.74) is 1.44. The molecule has 1 fully saturated rings. The van der Waals surface area contributed by atoms with E-state index in [1.807, 2.05) is 4.90 Å². The average molecular weight is 247 g/mol. The smallest absolute Gasteiger partial charge is 0.329 e. The van der Waals surface area contributed by atoms with Gasteiger partial charge in [-0.2, -0.15) is 0 Å². The summed E-state index contributed by atoms with van der Waals surface area (Å²) in [6.45, 7) is 2.57. The molecule has 0 amide bonds. The number of nitrogens with zero attached hydrogens (tertiary/aromatic N) is 3. The molecule has 1 atom stereocenters. The number of aromatic nitrogens is 2. The Bertz CT molecular complexity index is 503. The number of carboxylic acid groups (broad SMARTS) is 1. The van der Waals surface area contributed by atoms with Gasteiger partial charge in [0.15, 0.2) is 0 Å². The van der Waals surface area contributed by atoms with E-state index in [4.69, 9.17) is 0 Å². The SMILES string of the molecule is CC1(C(=O)O)CCCN1c1ncnc2c1CCC2. The van der Waals surface area contributed by atoms with Crippen molar-refractivity contribution in [3.8, 4) is 0 Å². The van der Waals surface area contributed by atoms with Crippen molar-refractivity contribution in [1.29, 1.82) is 0 Å². The fourth-order valence-electron chi connectivity index (χ4n) is 3.10. The van der Waals surface area contributed by atoms with Crippen molar-refractivity contribution >= 4 is 11.8 Å². The van der Waals surface area contributed by atoms with E-state index >= 15 is 0 Å². The number of carboxylic acids is 1. The van der Waals surface area contributed by atoms with Gasteiger partial charge in [0.25, 0.3) is 0 Å². The number of fused-ring (bicyclic) bond motifs is 1. The van der Waals surface area contributed by atoms with Crippen molar-refractivity contribution in [3.05, 3.63) is 17.6 Å². The summed E-state index contributed by atoms with van der Waals surface area (Å²) in [7, 11) is 0. The third kappa shape index (κ3) is 1.50. The third-order valence-corrected chi connectivity index (χ3v) is 4.21. The van der Waals surface area contributed by atoms with Gasteiger partial charge in [-0.1, -0.05) is 0 Å². The number of hydrogen-bond donors (Lipinski definition) is 1. The summed E-state index contributed by atoms with van der Waals surface area (Å²) in [5, 5.41) is 9.47. The second-order valence-electron chi connectivity index (χ2n) is 5.31. The van der Waals surface area contributed by atoms with E-state index in [1.54, 1.807) is 13.3 Å². The van der Waals surface area contributed by atoms with Crippen molar-refractivity contribution in [1.82, 2.24) is 9.97 Å². The lowest BCUT2D eigenvalue weighted by molar-refractivity contribution is -0.142. The van der Waals surface area contributed by atoms with Crippen LogP contribution in [-0.4, -0.2) is 33.1 Å². The zero-order valence-corrected chi connectivity index (χ0v) is 10.5. The number of hydrogen-bond acceptors (Lipinski definition) is 4. The first-order chi connectivity index (χ1) is 8.63. The molecule has 1 unspecified atom stereocenters. The fraction of sp³-hybridized carbons (Fsp3) is 0.615. The van der Waals surface area contributed by atoms with Crippen LogP contribution in [0.15, 0.2) is 6.33 Å². The van der Waals surface area contributed by atoms with Gasteiger partial charge in [0.2, 0.25) is 0 Å². The van der Waals surface area contributed by atoms with E-state index in [0.717, 1.165) is 49.3 Å². The average Bonchev–Trinajstić information content (AvgIpc) is 2.95. The standard InChI is InChI=1S/C13H17N3O2/c1-13(12(17)18)6-3-7-16(13)11-9-4-2-5-10(9)14-8-15-11/h8H,2-7H2,1H3,(H,17,18). The van der Waals surface area contributed by atoms with Crippen molar-refractivity contribution < 1.29 is 9.90 Å².